The van der Waals surface area contributed by atoms with Gasteiger partial charge in [0.2, 0.25) is 0 Å². The highest BCUT2D eigenvalue weighted by molar-refractivity contribution is 6.08. The molecule has 0 radical (unpaired) electrons. The number of rotatable bonds is 4. The number of benzene rings is 3. The summed E-state index contributed by atoms with van der Waals surface area (Å²) in [5.41, 5.74) is 3.48. The van der Waals surface area contributed by atoms with Gasteiger partial charge in [0.05, 0.1) is 22.8 Å². The van der Waals surface area contributed by atoms with Gasteiger partial charge in [-0.15, -0.1) is 0 Å². The molecule has 1 aliphatic rings. The monoisotopic (exact) mass is 425 g/mol. The number of anilines is 2. The molecule has 0 fully saturated rings. The molecule has 1 aliphatic heterocycles. The molecule has 160 valence electrons. The van der Waals surface area contributed by atoms with Gasteiger partial charge in [-0.2, -0.15) is 5.10 Å². The number of hydrazone groups is 1. The summed E-state index contributed by atoms with van der Waals surface area (Å²) < 4.78 is 5.49. The van der Waals surface area contributed by atoms with Crippen molar-refractivity contribution in [2.45, 2.75) is 12.5 Å². The van der Waals surface area contributed by atoms with Gasteiger partial charge in [0.15, 0.2) is 0 Å². The molecular formula is C26H23N3O3. The van der Waals surface area contributed by atoms with E-state index < -0.39 is 5.63 Å². The summed E-state index contributed by atoms with van der Waals surface area (Å²) in [6, 6.07) is 25.0. The van der Waals surface area contributed by atoms with Gasteiger partial charge in [-0.05, 0) is 42.0 Å². The molecule has 1 atom stereocenters. The molecule has 3 aromatic carbocycles. The highest BCUT2D eigenvalue weighted by atomic mass is 16.4. The Labute approximate surface area is 185 Å². The molecule has 2 heterocycles. The average Bonchev–Trinajstić information content (AvgIpc) is 3.24. The second kappa shape index (κ2) is 7.89. The van der Waals surface area contributed by atoms with Crippen molar-refractivity contribution >= 4 is 28.1 Å². The van der Waals surface area contributed by atoms with Crippen LogP contribution in [0.2, 0.25) is 0 Å². The van der Waals surface area contributed by atoms with Crippen molar-refractivity contribution in [3.63, 3.8) is 0 Å². The number of para-hydroxylation sites is 2. The summed E-state index contributed by atoms with van der Waals surface area (Å²) in [5, 5.41) is 18.1. The van der Waals surface area contributed by atoms with Crippen LogP contribution in [0.4, 0.5) is 11.4 Å². The standard InChI is InChI=1S/C26H23N3O3/c1-28(2)18-14-12-17(13-15-18)22-16-21(27-29(22)19-8-4-3-5-9-19)24-25(30)20-10-6-7-11-23(20)32-26(24)31/h3-15,22,30H,16H2,1-2H3. The second-order valence-corrected chi connectivity index (χ2v) is 8.04. The fourth-order valence-corrected chi connectivity index (χ4v) is 4.12. The van der Waals surface area contributed by atoms with E-state index in [2.05, 4.69) is 24.3 Å². The summed E-state index contributed by atoms with van der Waals surface area (Å²) in [6.45, 7) is 0. The fourth-order valence-electron chi connectivity index (χ4n) is 4.12. The highest BCUT2D eigenvalue weighted by Gasteiger charge is 2.33. The lowest BCUT2D eigenvalue weighted by Gasteiger charge is -2.24. The van der Waals surface area contributed by atoms with Gasteiger partial charge >= 0.3 is 5.63 Å². The fraction of sp³-hybridized carbons (Fsp3) is 0.154. The van der Waals surface area contributed by atoms with Crippen molar-refractivity contribution in [2.24, 2.45) is 5.10 Å². The zero-order valence-corrected chi connectivity index (χ0v) is 17.9. The molecule has 4 aromatic rings. The molecule has 6 nitrogen and oxygen atoms in total. The van der Waals surface area contributed by atoms with Crippen LogP contribution in [-0.2, 0) is 0 Å². The molecule has 1 N–H and O–H groups in total. The maximum Gasteiger partial charge on any atom is 0.349 e. The van der Waals surface area contributed by atoms with E-state index in [1.54, 1.807) is 24.3 Å². The first-order chi connectivity index (χ1) is 15.5. The number of hydrogen-bond acceptors (Lipinski definition) is 6. The van der Waals surface area contributed by atoms with E-state index >= 15 is 0 Å². The minimum Gasteiger partial charge on any atom is -0.506 e. The van der Waals surface area contributed by atoms with Gasteiger partial charge in [0, 0.05) is 26.2 Å². The first kappa shape index (κ1) is 19.9. The van der Waals surface area contributed by atoms with Crippen molar-refractivity contribution in [3.05, 3.63) is 100 Å². The summed E-state index contributed by atoms with van der Waals surface area (Å²) in [5.74, 6) is -0.0905. The third-order valence-corrected chi connectivity index (χ3v) is 5.80. The topological polar surface area (TPSA) is 69.3 Å². The van der Waals surface area contributed by atoms with Gasteiger partial charge in [0.1, 0.15) is 16.9 Å². The molecule has 1 aromatic heterocycles. The minimum atomic E-state index is -0.587. The van der Waals surface area contributed by atoms with Crippen LogP contribution >= 0.6 is 0 Å². The molecule has 0 saturated carbocycles. The average molecular weight is 425 g/mol. The van der Waals surface area contributed by atoms with E-state index in [-0.39, 0.29) is 17.4 Å². The van der Waals surface area contributed by atoms with E-state index in [0.717, 1.165) is 16.9 Å². The summed E-state index contributed by atoms with van der Waals surface area (Å²) in [4.78, 5) is 14.9. The quantitative estimate of drug-likeness (QED) is 0.470. The lowest BCUT2D eigenvalue weighted by Crippen LogP contribution is -2.18. The van der Waals surface area contributed by atoms with Crippen LogP contribution in [0.5, 0.6) is 5.75 Å². The maximum absolute atomic E-state index is 12.8. The molecule has 0 amide bonds. The van der Waals surface area contributed by atoms with Gasteiger partial charge in [-0.3, -0.25) is 5.01 Å². The van der Waals surface area contributed by atoms with E-state index in [0.29, 0.717) is 23.1 Å². The summed E-state index contributed by atoms with van der Waals surface area (Å²) >= 11 is 0. The van der Waals surface area contributed by atoms with Gasteiger partial charge in [-0.25, -0.2) is 4.79 Å². The minimum absolute atomic E-state index is 0.0905. The molecule has 5 rings (SSSR count). The Morgan fingerprint density at radius 1 is 0.969 bits per heavy atom. The lowest BCUT2D eigenvalue weighted by molar-refractivity contribution is 0.466. The Balaban J connectivity index is 1.62. The zero-order valence-electron chi connectivity index (χ0n) is 17.9. The lowest BCUT2D eigenvalue weighted by atomic mass is 9.97. The van der Waals surface area contributed by atoms with E-state index in [1.165, 1.54) is 0 Å². The molecule has 0 aliphatic carbocycles. The van der Waals surface area contributed by atoms with Crippen molar-refractivity contribution in [3.8, 4) is 5.75 Å². The number of aromatic hydroxyl groups is 1. The van der Waals surface area contributed by atoms with E-state index in [4.69, 9.17) is 9.52 Å². The summed E-state index contributed by atoms with van der Waals surface area (Å²) in [7, 11) is 4.01. The number of nitrogens with zero attached hydrogens (tertiary/aromatic N) is 3. The molecule has 0 bridgehead atoms. The van der Waals surface area contributed by atoms with Crippen LogP contribution in [0.25, 0.3) is 11.0 Å². The van der Waals surface area contributed by atoms with Gasteiger partial charge < -0.3 is 14.4 Å². The molecular weight excluding hydrogens is 402 g/mol. The molecule has 0 spiro atoms. The first-order valence-electron chi connectivity index (χ1n) is 10.5. The molecule has 32 heavy (non-hydrogen) atoms. The molecule has 0 saturated heterocycles. The third-order valence-electron chi connectivity index (χ3n) is 5.80. The van der Waals surface area contributed by atoms with Crippen molar-refractivity contribution in [1.29, 1.82) is 0 Å². The summed E-state index contributed by atoms with van der Waals surface area (Å²) in [6.07, 6.45) is 0.465. The van der Waals surface area contributed by atoms with Crippen molar-refractivity contribution < 1.29 is 9.52 Å². The number of fused-ring (bicyclic) bond motifs is 1. The predicted molar refractivity (Wildman–Crippen MR) is 128 cm³/mol. The Kier molecular flexibility index (Phi) is 4.90. The Morgan fingerprint density at radius 2 is 1.66 bits per heavy atom. The maximum atomic E-state index is 12.8. The van der Waals surface area contributed by atoms with Crippen molar-refractivity contribution in [1.82, 2.24) is 0 Å². The highest BCUT2D eigenvalue weighted by Crippen LogP contribution is 2.38. The second-order valence-electron chi connectivity index (χ2n) is 8.04. The smallest absolute Gasteiger partial charge is 0.349 e. The van der Waals surface area contributed by atoms with Gasteiger partial charge in [0.25, 0.3) is 0 Å². The van der Waals surface area contributed by atoms with E-state index in [9.17, 15) is 9.90 Å². The zero-order chi connectivity index (χ0) is 22.2. The van der Waals surface area contributed by atoms with Crippen LogP contribution < -0.4 is 15.5 Å². The van der Waals surface area contributed by atoms with E-state index in [1.807, 2.05) is 54.3 Å². The van der Waals surface area contributed by atoms with Gasteiger partial charge in [-0.1, -0.05) is 42.5 Å². The van der Waals surface area contributed by atoms with Crippen LogP contribution in [0.1, 0.15) is 23.6 Å². The molecule has 6 heteroatoms. The Morgan fingerprint density at radius 3 is 2.38 bits per heavy atom. The van der Waals surface area contributed by atoms with Crippen LogP contribution in [0.15, 0.2) is 93.2 Å². The largest absolute Gasteiger partial charge is 0.506 e. The normalized spacial score (nSPS) is 15.8. The van der Waals surface area contributed by atoms with Crippen LogP contribution in [0, 0.1) is 0 Å². The third kappa shape index (κ3) is 3.39. The SMILES string of the molecule is CN(C)c1ccc(C2CC(c3c(O)c4ccccc4oc3=O)=NN2c2ccccc2)cc1. The number of hydrogen-bond donors (Lipinski definition) is 1. The Hall–Kier alpha value is -4.06. The van der Waals surface area contributed by atoms with Crippen LogP contribution in [0.3, 0.4) is 0 Å². The van der Waals surface area contributed by atoms with Crippen LogP contribution in [-0.4, -0.2) is 24.9 Å². The first-order valence-corrected chi connectivity index (χ1v) is 10.5. The Bertz CT molecular complexity index is 1360. The molecule has 1 unspecified atom stereocenters. The van der Waals surface area contributed by atoms with Crippen molar-refractivity contribution in [2.75, 3.05) is 24.0 Å². The predicted octanol–water partition coefficient (Wildman–Crippen LogP) is 4.92.